The standard InChI is InChI=1S/C15H22BrNO3/c1-4-12(5-2)17(8-9-20-3)15(19)13-7-6-11(16)10-14(13)18/h6-7,10,12,18H,4-5,8-9H2,1-3H3. The molecule has 5 heteroatoms. The van der Waals surface area contributed by atoms with Crippen molar-refractivity contribution in [3.63, 3.8) is 0 Å². The van der Waals surface area contributed by atoms with E-state index in [-0.39, 0.29) is 17.7 Å². The molecule has 1 rings (SSSR count). The number of ether oxygens (including phenoxy) is 1. The lowest BCUT2D eigenvalue weighted by Gasteiger charge is -2.30. The maximum Gasteiger partial charge on any atom is 0.257 e. The van der Waals surface area contributed by atoms with Crippen molar-refractivity contribution in [3.8, 4) is 5.75 Å². The molecule has 1 amide bonds. The molecular weight excluding hydrogens is 322 g/mol. The van der Waals surface area contributed by atoms with Gasteiger partial charge in [-0.3, -0.25) is 4.79 Å². The molecule has 0 aliphatic heterocycles. The van der Waals surface area contributed by atoms with Crippen LogP contribution in [-0.4, -0.2) is 42.2 Å². The van der Waals surface area contributed by atoms with Crippen LogP contribution in [0.2, 0.25) is 0 Å². The predicted molar refractivity (Wildman–Crippen MR) is 83.1 cm³/mol. The molecule has 0 aromatic heterocycles. The Bertz CT molecular complexity index is 447. The number of phenolic OH excluding ortho intramolecular Hbond substituents is 1. The molecule has 1 N–H and O–H groups in total. The number of methoxy groups -OCH3 is 1. The summed E-state index contributed by atoms with van der Waals surface area (Å²) in [4.78, 5) is 14.4. The van der Waals surface area contributed by atoms with E-state index in [2.05, 4.69) is 29.8 Å². The Kier molecular flexibility index (Phi) is 7.02. The number of hydrogen-bond acceptors (Lipinski definition) is 3. The highest BCUT2D eigenvalue weighted by Crippen LogP contribution is 2.25. The first-order valence-electron chi connectivity index (χ1n) is 6.83. The van der Waals surface area contributed by atoms with Crippen LogP contribution in [0.1, 0.15) is 37.0 Å². The minimum absolute atomic E-state index is 0.00209. The van der Waals surface area contributed by atoms with E-state index in [1.165, 1.54) is 6.07 Å². The Morgan fingerprint density at radius 3 is 2.55 bits per heavy atom. The molecule has 0 heterocycles. The average molecular weight is 344 g/mol. The Balaban J connectivity index is 3.02. The van der Waals surface area contributed by atoms with Crippen LogP contribution in [0.5, 0.6) is 5.75 Å². The topological polar surface area (TPSA) is 49.8 Å². The van der Waals surface area contributed by atoms with Crippen LogP contribution >= 0.6 is 15.9 Å². The first-order chi connectivity index (χ1) is 9.54. The number of carbonyl (C=O) groups is 1. The first kappa shape index (κ1) is 17.0. The highest BCUT2D eigenvalue weighted by molar-refractivity contribution is 9.10. The number of nitrogens with zero attached hydrogens (tertiary/aromatic N) is 1. The maximum absolute atomic E-state index is 12.6. The number of carbonyl (C=O) groups excluding carboxylic acids is 1. The minimum atomic E-state index is -0.152. The van der Waals surface area contributed by atoms with E-state index in [0.717, 1.165) is 17.3 Å². The third-order valence-corrected chi connectivity index (χ3v) is 3.86. The molecule has 0 aliphatic carbocycles. The number of amides is 1. The van der Waals surface area contributed by atoms with Gasteiger partial charge in [0.05, 0.1) is 12.2 Å². The number of benzene rings is 1. The summed E-state index contributed by atoms with van der Waals surface area (Å²) in [7, 11) is 1.62. The van der Waals surface area contributed by atoms with E-state index in [1.807, 2.05) is 0 Å². The molecule has 0 spiro atoms. The lowest BCUT2D eigenvalue weighted by atomic mass is 10.1. The van der Waals surface area contributed by atoms with Gasteiger partial charge in [0.1, 0.15) is 5.75 Å². The van der Waals surface area contributed by atoms with Crippen molar-refractivity contribution < 1.29 is 14.6 Å². The summed E-state index contributed by atoms with van der Waals surface area (Å²) in [6.45, 7) is 5.13. The van der Waals surface area contributed by atoms with Crippen LogP contribution in [-0.2, 0) is 4.74 Å². The summed E-state index contributed by atoms with van der Waals surface area (Å²) in [5, 5.41) is 9.95. The average Bonchev–Trinajstić information content (AvgIpc) is 2.43. The van der Waals surface area contributed by atoms with Gasteiger partial charge in [-0.1, -0.05) is 29.8 Å². The van der Waals surface area contributed by atoms with Gasteiger partial charge in [0.15, 0.2) is 0 Å². The number of phenols is 1. The summed E-state index contributed by atoms with van der Waals surface area (Å²) < 4.78 is 5.83. The Morgan fingerprint density at radius 1 is 1.40 bits per heavy atom. The van der Waals surface area contributed by atoms with Gasteiger partial charge >= 0.3 is 0 Å². The van der Waals surface area contributed by atoms with Crippen LogP contribution in [0.25, 0.3) is 0 Å². The van der Waals surface area contributed by atoms with Gasteiger partial charge in [0.25, 0.3) is 5.91 Å². The van der Waals surface area contributed by atoms with Gasteiger partial charge in [-0.05, 0) is 31.0 Å². The van der Waals surface area contributed by atoms with E-state index in [4.69, 9.17) is 4.74 Å². The number of hydrogen-bond donors (Lipinski definition) is 1. The lowest BCUT2D eigenvalue weighted by Crippen LogP contribution is -2.41. The van der Waals surface area contributed by atoms with Crippen molar-refractivity contribution in [3.05, 3.63) is 28.2 Å². The van der Waals surface area contributed by atoms with Gasteiger partial charge in [-0.15, -0.1) is 0 Å². The van der Waals surface area contributed by atoms with Crippen molar-refractivity contribution in [1.29, 1.82) is 0 Å². The zero-order valence-corrected chi connectivity index (χ0v) is 13.8. The molecule has 0 atom stereocenters. The highest BCUT2D eigenvalue weighted by Gasteiger charge is 2.24. The number of aromatic hydroxyl groups is 1. The van der Waals surface area contributed by atoms with E-state index >= 15 is 0 Å². The largest absolute Gasteiger partial charge is 0.507 e. The Morgan fingerprint density at radius 2 is 2.05 bits per heavy atom. The molecule has 0 saturated heterocycles. The van der Waals surface area contributed by atoms with Crippen LogP contribution in [0.4, 0.5) is 0 Å². The van der Waals surface area contributed by atoms with Crippen LogP contribution < -0.4 is 0 Å². The Labute approximate surface area is 128 Å². The van der Waals surface area contributed by atoms with Crippen molar-refractivity contribution in [1.82, 2.24) is 4.90 Å². The smallest absolute Gasteiger partial charge is 0.257 e. The molecule has 0 saturated carbocycles. The molecule has 1 aromatic rings. The lowest BCUT2D eigenvalue weighted by molar-refractivity contribution is 0.0586. The minimum Gasteiger partial charge on any atom is -0.507 e. The molecule has 1 aromatic carbocycles. The van der Waals surface area contributed by atoms with Crippen molar-refractivity contribution >= 4 is 21.8 Å². The van der Waals surface area contributed by atoms with Gasteiger partial charge in [-0.25, -0.2) is 0 Å². The molecule has 0 unspecified atom stereocenters. The predicted octanol–water partition coefficient (Wildman–Crippen LogP) is 3.43. The maximum atomic E-state index is 12.6. The van der Waals surface area contributed by atoms with Crippen molar-refractivity contribution in [2.24, 2.45) is 0 Å². The zero-order chi connectivity index (χ0) is 15.1. The van der Waals surface area contributed by atoms with Crippen LogP contribution in [0, 0.1) is 0 Å². The molecule has 112 valence electrons. The molecule has 0 radical (unpaired) electrons. The van der Waals surface area contributed by atoms with Gasteiger partial charge in [0, 0.05) is 24.2 Å². The molecular formula is C15H22BrNO3. The normalized spacial score (nSPS) is 10.8. The molecule has 20 heavy (non-hydrogen) atoms. The summed E-state index contributed by atoms with van der Waals surface area (Å²) in [5.74, 6) is -0.154. The fourth-order valence-corrected chi connectivity index (χ4v) is 2.56. The summed E-state index contributed by atoms with van der Waals surface area (Å²) in [5.41, 5.74) is 0.330. The monoisotopic (exact) mass is 343 g/mol. The van der Waals surface area contributed by atoms with Crippen LogP contribution in [0.3, 0.4) is 0 Å². The van der Waals surface area contributed by atoms with Crippen molar-refractivity contribution in [2.75, 3.05) is 20.3 Å². The van der Waals surface area contributed by atoms with Gasteiger partial charge in [-0.2, -0.15) is 0 Å². The second-order valence-electron chi connectivity index (χ2n) is 4.62. The highest BCUT2D eigenvalue weighted by atomic mass is 79.9. The fourth-order valence-electron chi connectivity index (χ4n) is 2.21. The zero-order valence-electron chi connectivity index (χ0n) is 12.2. The summed E-state index contributed by atoms with van der Waals surface area (Å²) in [6, 6.07) is 5.09. The first-order valence-corrected chi connectivity index (χ1v) is 7.62. The molecule has 0 bridgehead atoms. The third kappa shape index (κ3) is 4.21. The number of halogens is 1. The van der Waals surface area contributed by atoms with Gasteiger partial charge in [0.2, 0.25) is 0 Å². The third-order valence-electron chi connectivity index (χ3n) is 3.37. The van der Waals surface area contributed by atoms with E-state index in [9.17, 15) is 9.90 Å². The number of rotatable bonds is 7. The second-order valence-corrected chi connectivity index (χ2v) is 5.54. The molecule has 0 aliphatic rings. The van der Waals surface area contributed by atoms with E-state index in [0.29, 0.717) is 18.7 Å². The quantitative estimate of drug-likeness (QED) is 0.824. The van der Waals surface area contributed by atoms with E-state index < -0.39 is 0 Å². The fraction of sp³-hybridized carbons (Fsp3) is 0.533. The SMILES string of the molecule is CCC(CC)N(CCOC)C(=O)c1ccc(Br)cc1O. The summed E-state index contributed by atoms with van der Waals surface area (Å²) >= 11 is 3.28. The second kappa shape index (κ2) is 8.27. The van der Waals surface area contributed by atoms with Gasteiger partial charge < -0.3 is 14.7 Å². The molecule has 4 nitrogen and oxygen atoms in total. The summed E-state index contributed by atoms with van der Waals surface area (Å²) in [6.07, 6.45) is 1.76. The Hall–Kier alpha value is -1.07. The van der Waals surface area contributed by atoms with E-state index in [1.54, 1.807) is 24.1 Å². The van der Waals surface area contributed by atoms with Crippen molar-refractivity contribution in [2.45, 2.75) is 32.7 Å². The van der Waals surface area contributed by atoms with Crippen LogP contribution in [0.15, 0.2) is 22.7 Å². The molecule has 0 fully saturated rings.